The van der Waals surface area contributed by atoms with Crippen molar-refractivity contribution < 1.29 is 0 Å². The van der Waals surface area contributed by atoms with Crippen LogP contribution in [-0.4, -0.2) is 21.8 Å². The van der Waals surface area contributed by atoms with Crippen LogP contribution in [0.5, 0.6) is 0 Å². The van der Waals surface area contributed by atoms with Gasteiger partial charge in [-0.25, -0.2) is 4.57 Å². The van der Waals surface area contributed by atoms with Crippen molar-refractivity contribution >= 4 is 8.24 Å². The number of hydrogen-bond donors (Lipinski definition) is 0. The monoisotopic (exact) mass is 187 g/mol. The summed E-state index contributed by atoms with van der Waals surface area (Å²) in [6, 6.07) is 0. The van der Waals surface area contributed by atoms with Crippen LogP contribution in [0.15, 0.2) is 0 Å². The van der Waals surface area contributed by atoms with Gasteiger partial charge in [0.05, 0.1) is 7.05 Å². The second-order valence-corrected chi connectivity index (χ2v) is 10.00. The molecule has 0 bridgehead atoms. The number of nitrogens with zero attached hydrogens (tertiary/aromatic N) is 1. The zero-order valence-corrected chi connectivity index (χ0v) is 10.6. The van der Waals surface area contributed by atoms with Crippen molar-refractivity contribution in [2.75, 3.05) is 13.6 Å². The van der Waals surface area contributed by atoms with Crippen LogP contribution in [0.2, 0.25) is 19.6 Å². The first-order valence-corrected chi connectivity index (χ1v) is 8.54. The molecule has 12 heavy (non-hydrogen) atoms. The molecule has 0 spiro atoms. The summed E-state index contributed by atoms with van der Waals surface area (Å²) >= 11 is 0. The van der Waals surface area contributed by atoms with Gasteiger partial charge in [0.2, 0.25) is 0 Å². The lowest BCUT2D eigenvalue weighted by atomic mass is 10.1. The lowest BCUT2D eigenvalue weighted by Crippen LogP contribution is -2.48. The summed E-state index contributed by atoms with van der Waals surface area (Å²) in [7, 11) is 1.27. The Morgan fingerprint density at radius 3 is 2.08 bits per heavy atom. The first-order chi connectivity index (χ1) is 5.38. The normalized spacial score (nSPS) is 15.2. The standard InChI is InChI=1S/C10H25NSi/c1-7-10(2)8-9-11(3)12(4,5)6/h10H,7-9H2,1-6H3/q+1. The summed E-state index contributed by atoms with van der Waals surface area (Å²) in [6.45, 7) is 13.1. The molecule has 0 amide bonds. The molecule has 0 heterocycles. The molecular weight excluding hydrogens is 162 g/mol. The van der Waals surface area contributed by atoms with Gasteiger partial charge < -0.3 is 0 Å². The van der Waals surface area contributed by atoms with Crippen LogP contribution in [0.4, 0.5) is 0 Å². The van der Waals surface area contributed by atoms with E-state index in [9.17, 15) is 0 Å². The van der Waals surface area contributed by atoms with E-state index in [0.29, 0.717) is 0 Å². The van der Waals surface area contributed by atoms with Gasteiger partial charge in [-0.1, -0.05) is 20.3 Å². The van der Waals surface area contributed by atoms with Crippen LogP contribution >= 0.6 is 0 Å². The Morgan fingerprint density at radius 2 is 1.75 bits per heavy atom. The molecule has 1 radical (unpaired) electrons. The molecule has 0 saturated heterocycles. The van der Waals surface area contributed by atoms with Crippen LogP contribution < -0.4 is 4.57 Å². The molecule has 0 aliphatic rings. The van der Waals surface area contributed by atoms with Crippen LogP contribution in [0.1, 0.15) is 26.7 Å². The van der Waals surface area contributed by atoms with E-state index >= 15 is 0 Å². The van der Waals surface area contributed by atoms with E-state index in [2.05, 4.69) is 45.1 Å². The zero-order chi connectivity index (χ0) is 9.78. The van der Waals surface area contributed by atoms with Gasteiger partial charge in [0.15, 0.2) is 0 Å². The van der Waals surface area contributed by atoms with Crippen molar-refractivity contribution in [3.8, 4) is 0 Å². The van der Waals surface area contributed by atoms with E-state index in [-0.39, 0.29) is 0 Å². The first-order valence-electron chi connectivity index (χ1n) is 5.09. The SMILES string of the molecule is CCC(C)CC[N+](C)[Si](C)(C)C. The van der Waals surface area contributed by atoms with Gasteiger partial charge in [-0.15, -0.1) is 0 Å². The van der Waals surface area contributed by atoms with Gasteiger partial charge >= 0.3 is 8.24 Å². The largest absolute Gasteiger partial charge is 0.321 e. The van der Waals surface area contributed by atoms with Crippen molar-refractivity contribution in [3.05, 3.63) is 0 Å². The Labute approximate surface area is 79.2 Å². The number of hydrogen-bond acceptors (Lipinski definition) is 1. The molecule has 0 N–H and O–H groups in total. The van der Waals surface area contributed by atoms with E-state index < -0.39 is 8.24 Å². The summed E-state index contributed by atoms with van der Waals surface area (Å²) in [4.78, 5) is 0. The van der Waals surface area contributed by atoms with Gasteiger partial charge in [-0.2, -0.15) is 0 Å². The van der Waals surface area contributed by atoms with Crippen molar-refractivity contribution in [1.29, 1.82) is 0 Å². The lowest BCUT2D eigenvalue weighted by Gasteiger charge is -2.20. The van der Waals surface area contributed by atoms with Gasteiger partial charge in [-0.3, -0.25) is 0 Å². The summed E-state index contributed by atoms with van der Waals surface area (Å²) in [5, 5.41) is 0. The highest BCUT2D eigenvalue weighted by Crippen LogP contribution is 2.09. The molecule has 0 aliphatic heterocycles. The van der Waals surface area contributed by atoms with E-state index in [1.807, 2.05) is 0 Å². The fourth-order valence-electron chi connectivity index (χ4n) is 0.954. The van der Waals surface area contributed by atoms with E-state index in [1.165, 1.54) is 19.4 Å². The molecule has 0 saturated carbocycles. The summed E-state index contributed by atoms with van der Waals surface area (Å²) in [5.41, 5.74) is 0. The van der Waals surface area contributed by atoms with Gasteiger partial charge in [-0.05, 0) is 25.6 Å². The maximum absolute atomic E-state index is 2.57. The summed E-state index contributed by atoms with van der Waals surface area (Å²) in [5.74, 6) is 0.892. The van der Waals surface area contributed by atoms with Crippen molar-refractivity contribution in [1.82, 2.24) is 4.57 Å². The molecule has 1 atom stereocenters. The predicted octanol–water partition coefficient (Wildman–Crippen LogP) is 3.03. The highest BCUT2D eigenvalue weighted by molar-refractivity contribution is 6.74. The summed E-state index contributed by atoms with van der Waals surface area (Å²) < 4.78 is 2.57. The molecule has 0 aromatic heterocycles. The van der Waals surface area contributed by atoms with Gasteiger partial charge in [0, 0.05) is 6.42 Å². The third kappa shape index (κ3) is 4.94. The van der Waals surface area contributed by atoms with Crippen molar-refractivity contribution in [3.63, 3.8) is 0 Å². The van der Waals surface area contributed by atoms with Crippen molar-refractivity contribution in [2.24, 2.45) is 5.92 Å². The smallest absolute Gasteiger partial charge is 0.243 e. The third-order valence-corrected chi connectivity index (χ3v) is 5.31. The Kier molecular flexibility index (Phi) is 5.10. The molecule has 0 fully saturated rings. The first kappa shape index (κ1) is 12.2. The molecule has 1 nitrogen and oxygen atoms in total. The molecule has 2 heteroatoms. The average molecular weight is 187 g/mol. The minimum absolute atomic E-state index is 0.892. The highest BCUT2D eigenvalue weighted by Gasteiger charge is 2.31. The Balaban J connectivity index is 3.64. The number of rotatable bonds is 5. The van der Waals surface area contributed by atoms with E-state index in [0.717, 1.165) is 5.92 Å². The van der Waals surface area contributed by atoms with Crippen molar-refractivity contribution in [2.45, 2.75) is 46.3 Å². The topological polar surface area (TPSA) is 5.90 Å². The van der Waals surface area contributed by atoms with E-state index in [4.69, 9.17) is 0 Å². The summed E-state index contributed by atoms with van der Waals surface area (Å²) in [6.07, 6.45) is 2.68. The molecule has 0 rings (SSSR count). The quantitative estimate of drug-likeness (QED) is 0.584. The Bertz CT molecular complexity index is 117. The van der Waals surface area contributed by atoms with Crippen LogP contribution in [-0.2, 0) is 0 Å². The Morgan fingerprint density at radius 1 is 1.25 bits per heavy atom. The predicted molar refractivity (Wildman–Crippen MR) is 60.3 cm³/mol. The third-order valence-electron chi connectivity index (χ3n) is 2.80. The van der Waals surface area contributed by atoms with Crippen LogP contribution in [0.25, 0.3) is 0 Å². The fourth-order valence-corrected chi connectivity index (χ4v) is 1.75. The van der Waals surface area contributed by atoms with Gasteiger partial charge in [0.1, 0.15) is 6.54 Å². The maximum atomic E-state index is 2.57. The zero-order valence-electron chi connectivity index (χ0n) is 9.65. The second-order valence-electron chi connectivity index (χ2n) is 4.89. The second kappa shape index (κ2) is 5.03. The maximum Gasteiger partial charge on any atom is 0.321 e. The van der Waals surface area contributed by atoms with Crippen LogP contribution in [0, 0.1) is 5.92 Å². The minimum Gasteiger partial charge on any atom is -0.243 e. The molecule has 73 valence electrons. The highest BCUT2D eigenvalue weighted by atomic mass is 28.3. The Hall–Kier alpha value is 0.177. The van der Waals surface area contributed by atoms with E-state index in [1.54, 1.807) is 0 Å². The average Bonchev–Trinajstić information content (AvgIpc) is 1.97. The molecule has 0 aromatic rings. The fraction of sp³-hybridized carbons (Fsp3) is 1.00. The molecular formula is C10H25NSi+. The lowest BCUT2D eigenvalue weighted by molar-refractivity contribution is 0.475. The molecule has 0 aromatic carbocycles. The van der Waals surface area contributed by atoms with Crippen LogP contribution in [0.3, 0.4) is 0 Å². The molecule has 0 aliphatic carbocycles. The molecule has 1 unspecified atom stereocenters. The minimum atomic E-state index is -1.01. The van der Waals surface area contributed by atoms with Gasteiger partial charge in [0.25, 0.3) is 0 Å².